The average Bonchev–Trinajstić information content (AvgIpc) is 2.89. The van der Waals surface area contributed by atoms with E-state index in [1.165, 1.54) is 6.42 Å². The monoisotopic (exact) mass is 287 g/mol. The molecule has 2 rings (SSSR count). The highest BCUT2D eigenvalue weighted by Crippen LogP contribution is 2.22. The molecule has 2 amide bonds. The summed E-state index contributed by atoms with van der Waals surface area (Å²) in [5.74, 6) is -1.27. The molecule has 0 aromatic heterocycles. The molecule has 8 heteroatoms. The molecule has 2 fully saturated rings. The van der Waals surface area contributed by atoms with Crippen LogP contribution >= 0.6 is 0 Å². The number of aliphatic hydroxyl groups is 1. The molecule has 0 spiro atoms. The number of carbonyl (C=O) groups is 2. The summed E-state index contributed by atoms with van der Waals surface area (Å²) in [6, 6.07) is -1.39. The predicted molar refractivity (Wildman–Crippen MR) is 69.4 cm³/mol. The van der Waals surface area contributed by atoms with Gasteiger partial charge in [0.25, 0.3) is 0 Å². The van der Waals surface area contributed by atoms with Crippen LogP contribution in [0.5, 0.6) is 0 Å². The molecule has 3 atom stereocenters. The maximum atomic E-state index is 11.5. The number of carbonyl (C=O) groups excluding carboxylic acids is 1. The van der Waals surface area contributed by atoms with Gasteiger partial charge in [-0.15, -0.1) is 0 Å². The summed E-state index contributed by atoms with van der Waals surface area (Å²) in [5, 5.41) is 22.3. The number of amides is 2. The normalized spacial score (nSPS) is 27.6. The molecular formula is C12H21N3O5. The zero-order valence-corrected chi connectivity index (χ0v) is 11.2. The van der Waals surface area contributed by atoms with Gasteiger partial charge in [0.2, 0.25) is 0 Å². The minimum Gasteiger partial charge on any atom is -0.480 e. The number of hydrogen-bond acceptors (Lipinski definition) is 5. The Kier molecular flexibility index (Phi) is 5.16. The number of nitrogens with zero attached hydrogens (tertiary/aromatic N) is 1. The second-order valence-corrected chi connectivity index (χ2v) is 5.17. The molecule has 2 aliphatic heterocycles. The zero-order chi connectivity index (χ0) is 14.5. The number of ether oxygens (including phenoxy) is 1. The van der Waals surface area contributed by atoms with Gasteiger partial charge in [-0.2, -0.15) is 0 Å². The molecule has 0 aromatic rings. The summed E-state index contributed by atoms with van der Waals surface area (Å²) in [6.45, 7) is 2.23. The molecule has 2 unspecified atom stereocenters. The van der Waals surface area contributed by atoms with Crippen LogP contribution in [0, 0.1) is 0 Å². The molecule has 2 aliphatic rings. The van der Waals surface area contributed by atoms with E-state index < -0.39 is 24.6 Å². The Labute approximate surface area is 117 Å². The number of carboxylic acid groups (broad SMARTS) is 1. The number of aliphatic carboxylic acids is 1. The van der Waals surface area contributed by atoms with E-state index >= 15 is 0 Å². The summed E-state index contributed by atoms with van der Waals surface area (Å²) < 4.78 is 5.67. The van der Waals surface area contributed by atoms with Gasteiger partial charge in [0.05, 0.1) is 19.3 Å². The third-order valence-electron chi connectivity index (χ3n) is 3.74. The second-order valence-electron chi connectivity index (χ2n) is 5.17. The Bertz CT molecular complexity index is 365. The minimum absolute atomic E-state index is 0.0764. The number of nitrogens with one attached hydrogen (secondary N) is 2. The second kappa shape index (κ2) is 6.87. The lowest BCUT2D eigenvalue weighted by atomic mass is 10.2. The van der Waals surface area contributed by atoms with E-state index in [2.05, 4.69) is 15.5 Å². The third kappa shape index (κ3) is 3.81. The van der Waals surface area contributed by atoms with Crippen molar-refractivity contribution in [2.45, 2.75) is 31.0 Å². The molecule has 0 bridgehead atoms. The molecule has 0 saturated carbocycles. The molecule has 114 valence electrons. The van der Waals surface area contributed by atoms with Gasteiger partial charge in [-0.05, 0) is 19.4 Å². The Balaban J connectivity index is 1.69. The van der Waals surface area contributed by atoms with Gasteiger partial charge in [-0.3, -0.25) is 4.90 Å². The average molecular weight is 287 g/mol. The highest BCUT2D eigenvalue weighted by Gasteiger charge is 2.32. The fourth-order valence-corrected chi connectivity index (χ4v) is 2.61. The van der Waals surface area contributed by atoms with Crippen LogP contribution in [0.4, 0.5) is 4.79 Å². The first-order valence-corrected chi connectivity index (χ1v) is 6.84. The van der Waals surface area contributed by atoms with Crippen LogP contribution in [0.3, 0.4) is 0 Å². The summed E-state index contributed by atoms with van der Waals surface area (Å²) in [4.78, 5) is 24.5. The van der Waals surface area contributed by atoms with Crippen LogP contribution < -0.4 is 10.6 Å². The van der Waals surface area contributed by atoms with E-state index in [0.717, 1.165) is 19.5 Å². The van der Waals surface area contributed by atoms with Gasteiger partial charge in [0.15, 0.2) is 6.04 Å². The van der Waals surface area contributed by atoms with E-state index in [1.807, 2.05) is 0 Å². The number of morpholine rings is 1. The topological polar surface area (TPSA) is 111 Å². The quantitative estimate of drug-likeness (QED) is 0.494. The van der Waals surface area contributed by atoms with Crippen molar-refractivity contribution in [3.63, 3.8) is 0 Å². The maximum Gasteiger partial charge on any atom is 0.328 e. The lowest BCUT2D eigenvalue weighted by molar-refractivity contribution is -0.140. The van der Waals surface area contributed by atoms with Crippen LogP contribution in [0.1, 0.15) is 12.8 Å². The van der Waals surface area contributed by atoms with Crippen molar-refractivity contribution in [3.8, 4) is 0 Å². The number of carboxylic acids is 1. The molecule has 2 saturated heterocycles. The molecule has 2 heterocycles. The van der Waals surface area contributed by atoms with E-state index in [4.69, 9.17) is 14.9 Å². The predicted octanol–water partition coefficient (Wildman–Crippen LogP) is -1.41. The van der Waals surface area contributed by atoms with Crippen LogP contribution in [0.2, 0.25) is 0 Å². The van der Waals surface area contributed by atoms with Gasteiger partial charge < -0.3 is 25.6 Å². The highest BCUT2D eigenvalue weighted by molar-refractivity contribution is 5.82. The third-order valence-corrected chi connectivity index (χ3v) is 3.74. The van der Waals surface area contributed by atoms with Crippen LogP contribution in [0.15, 0.2) is 0 Å². The van der Waals surface area contributed by atoms with E-state index in [1.54, 1.807) is 0 Å². The molecular weight excluding hydrogens is 266 g/mol. The first-order chi connectivity index (χ1) is 9.60. The minimum atomic E-state index is -1.29. The van der Waals surface area contributed by atoms with Crippen molar-refractivity contribution < 1.29 is 24.5 Å². The van der Waals surface area contributed by atoms with Gasteiger partial charge in [-0.1, -0.05) is 0 Å². The summed E-state index contributed by atoms with van der Waals surface area (Å²) in [6.07, 6.45) is 2.27. The first kappa shape index (κ1) is 15.0. The standard InChI is InChI=1S/C12H21N3O5/c16-6-10(11(17)18)14-12(19)13-4-9-5-15-3-1-2-8(15)7-20-9/h8-10,16H,1-7H2,(H,17,18)(H2,13,14,19)/t8?,9?,10-/m0/s1. The molecule has 20 heavy (non-hydrogen) atoms. The van der Waals surface area contributed by atoms with Crippen LogP contribution in [-0.4, -0.2) is 78.1 Å². The lowest BCUT2D eigenvalue weighted by Crippen LogP contribution is -2.53. The molecule has 0 aliphatic carbocycles. The van der Waals surface area contributed by atoms with E-state index in [9.17, 15) is 9.59 Å². The molecule has 4 N–H and O–H groups in total. The van der Waals surface area contributed by atoms with Gasteiger partial charge >= 0.3 is 12.0 Å². The van der Waals surface area contributed by atoms with Gasteiger partial charge in [-0.25, -0.2) is 9.59 Å². The van der Waals surface area contributed by atoms with Crippen LogP contribution in [0.25, 0.3) is 0 Å². The van der Waals surface area contributed by atoms with Gasteiger partial charge in [0, 0.05) is 19.1 Å². The number of urea groups is 1. The molecule has 8 nitrogen and oxygen atoms in total. The number of hydrogen-bond donors (Lipinski definition) is 4. The Hall–Kier alpha value is -1.38. The van der Waals surface area contributed by atoms with Crippen LogP contribution in [-0.2, 0) is 9.53 Å². The van der Waals surface area contributed by atoms with Crippen molar-refractivity contribution in [1.82, 2.24) is 15.5 Å². The van der Waals surface area contributed by atoms with Crippen molar-refractivity contribution in [2.24, 2.45) is 0 Å². The number of rotatable bonds is 5. The SMILES string of the molecule is O=C(NCC1CN2CCCC2CO1)N[C@@H](CO)C(=O)O. The number of fused-ring (bicyclic) bond motifs is 1. The smallest absolute Gasteiger partial charge is 0.328 e. The Morgan fingerprint density at radius 3 is 2.95 bits per heavy atom. The first-order valence-electron chi connectivity index (χ1n) is 6.84. The summed E-state index contributed by atoms with van der Waals surface area (Å²) in [7, 11) is 0. The molecule has 0 radical (unpaired) electrons. The highest BCUT2D eigenvalue weighted by atomic mass is 16.5. The molecule has 0 aromatic carbocycles. The van der Waals surface area contributed by atoms with E-state index in [0.29, 0.717) is 19.2 Å². The van der Waals surface area contributed by atoms with Gasteiger partial charge in [0.1, 0.15) is 0 Å². The van der Waals surface area contributed by atoms with Crippen molar-refractivity contribution in [3.05, 3.63) is 0 Å². The lowest BCUT2D eigenvalue weighted by Gasteiger charge is -2.35. The summed E-state index contributed by atoms with van der Waals surface area (Å²) in [5.41, 5.74) is 0. The fraction of sp³-hybridized carbons (Fsp3) is 0.833. The summed E-state index contributed by atoms with van der Waals surface area (Å²) >= 11 is 0. The van der Waals surface area contributed by atoms with Crippen molar-refractivity contribution in [2.75, 3.05) is 32.8 Å². The van der Waals surface area contributed by atoms with E-state index in [-0.39, 0.29) is 6.10 Å². The Morgan fingerprint density at radius 1 is 1.45 bits per heavy atom. The zero-order valence-electron chi connectivity index (χ0n) is 11.2. The van der Waals surface area contributed by atoms with Crippen molar-refractivity contribution in [1.29, 1.82) is 0 Å². The fourth-order valence-electron chi connectivity index (χ4n) is 2.61. The number of aliphatic hydroxyl groups excluding tert-OH is 1. The Morgan fingerprint density at radius 2 is 2.25 bits per heavy atom. The van der Waals surface area contributed by atoms with Crippen molar-refractivity contribution >= 4 is 12.0 Å². The largest absolute Gasteiger partial charge is 0.480 e. The maximum absolute atomic E-state index is 11.5.